The number of aliphatic hydroxyl groups is 1. The van der Waals surface area contributed by atoms with E-state index in [1.807, 2.05) is 0 Å². The zero-order chi connectivity index (χ0) is 25.4. The Labute approximate surface area is 195 Å². The minimum absolute atomic E-state index is 0.189. The molecule has 3 N–H and O–H groups in total. The molecule has 1 aromatic carbocycles. The first-order valence-electron chi connectivity index (χ1n) is 9.90. The summed E-state index contributed by atoms with van der Waals surface area (Å²) in [5.41, 5.74) is -0.918. The Morgan fingerprint density at radius 2 is 1.82 bits per heavy atom. The first-order chi connectivity index (χ1) is 15.7. The van der Waals surface area contributed by atoms with Gasteiger partial charge in [0.1, 0.15) is 17.1 Å². The monoisotopic (exact) mass is 517 g/mol. The van der Waals surface area contributed by atoms with Crippen LogP contribution in [-0.2, 0) is 29.3 Å². The molecule has 186 valence electrons. The molecule has 0 aliphatic carbocycles. The van der Waals surface area contributed by atoms with E-state index in [2.05, 4.69) is 4.98 Å². The maximum Gasteiger partial charge on any atom is 0.514 e. The number of nitrogens with zero attached hydrogens (tertiary/aromatic N) is 1. The number of hydrogen-bond acceptors (Lipinski definition) is 10. The minimum atomic E-state index is -5.25. The molecule has 0 bridgehead atoms. The van der Waals surface area contributed by atoms with Gasteiger partial charge >= 0.3 is 21.3 Å². The smallest absolute Gasteiger partial charge is 0.497 e. The highest BCUT2D eigenvalue weighted by atomic mass is 31.2. The van der Waals surface area contributed by atoms with Crippen molar-refractivity contribution in [2.24, 2.45) is 0 Å². The van der Waals surface area contributed by atoms with Crippen LogP contribution in [0.4, 0.5) is 4.79 Å². The molecule has 1 aromatic heterocycles. The largest absolute Gasteiger partial charge is 0.514 e. The van der Waals surface area contributed by atoms with Gasteiger partial charge in [0.05, 0.1) is 12.7 Å². The lowest BCUT2D eigenvalue weighted by molar-refractivity contribution is -0.0591. The van der Waals surface area contributed by atoms with Crippen molar-refractivity contribution in [2.75, 3.05) is 7.11 Å². The van der Waals surface area contributed by atoms with Crippen LogP contribution in [0.5, 0.6) is 11.5 Å². The van der Waals surface area contributed by atoms with E-state index in [1.165, 1.54) is 49.8 Å². The molecule has 2 heterocycles. The molecule has 0 radical (unpaired) electrons. The van der Waals surface area contributed by atoms with E-state index in [0.29, 0.717) is 0 Å². The maximum absolute atomic E-state index is 13.1. The Hall–Kier alpha value is -2.30. The van der Waals surface area contributed by atoms with Crippen molar-refractivity contribution < 1.29 is 52.1 Å². The fourth-order valence-corrected chi connectivity index (χ4v) is 6.55. The highest BCUT2D eigenvalue weighted by molar-refractivity contribution is 7.73. The molecular formula is C20H25NO11P2. The number of hydrogen-bond donors (Lipinski definition) is 3. The quantitative estimate of drug-likeness (QED) is 0.299. The standard InChI is InChI=1S/C20H25NO11P2/c1-19(2,3)30-18(22)29-16-8-7-14(28-4)10-15(16)17-31-33(24,25)20(23,34(26,27)32-17)11-13-6-5-9-21-12-13/h5-10,12,17,23H,11H2,1-4H3,(H,24,25)(H,26,27). The van der Waals surface area contributed by atoms with Gasteiger partial charge < -0.3 is 29.1 Å². The van der Waals surface area contributed by atoms with Crippen molar-refractivity contribution in [3.8, 4) is 11.5 Å². The summed E-state index contributed by atoms with van der Waals surface area (Å²) in [5.74, 6) is -0.0618. The highest BCUT2D eigenvalue weighted by Gasteiger charge is 2.67. The number of methoxy groups -OCH3 is 1. The number of carbonyl (C=O) groups is 1. The van der Waals surface area contributed by atoms with Crippen LogP contribution in [0.2, 0.25) is 0 Å². The Morgan fingerprint density at radius 1 is 1.18 bits per heavy atom. The van der Waals surface area contributed by atoms with E-state index in [1.54, 1.807) is 20.8 Å². The van der Waals surface area contributed by atoms with Crippen LogP contribution in [0.15, 0.2) is 42.7 Å². The summed E-state index contributed by atoms with van der Waals surface area (Å²) in [6, 6.07) is 6.79. The summed E-state index contributed by atoms with van der Waals surface area (Å²) < 4.78 is 51.7. The predicted molar refractivity (Wildman–Crippen MR) is 117 cm³/mol. The van der Waals surface area contributed by atoms with E-state index in [-0.39, 0.29) is 22.6 Å². The number of rotatable bonds is 5. The van der Waals surface area contributed by atoms with Crippen molar-refractivity contribution in [3.05, 3.63) is 53.9 Å². The second-order valence-electron chi connectivity index (χ2n) is 8.37. The molecule has 14 heteroatoms. The van der Waals surface area contributed by atoms with Crippen molar-refractivity contribution >= 4 is 21.3 Å². The second-order valence-corrected chi connectivity index (χ2v) is 12.7. The molecule has 1 saturated heterocycles. The normalized spacial score (nSPS) is 29.3. The van der Waals surface area contributed by atoms with Crippen LogP contribution in [-0.4, -0.2) is 43.8 Å². The molecule has 0 amide bonds. The third-order valence-electron chi connectivity index (χ3n) is 4.60. The lowest BCUT2D eigenvalue weighted by atomic mass is 10.2. The summed E-state index contributed by atoms with van der Waals surface area (Å²) in [5, 5.41) is 7.68. The predicted octanol–water partition coefficient (Wildman–Crippen LogP) is 3.71. The van der Waals surface area contributed by atoms with E-state index in [4.69, 9.17) is 23.3 Å². The minimum Gasteiger partial charge on any atom is -0.497 e. The van der Waals surface area contributed by atoms with Crippen molar-refractivity contribution in [1.29, 1.82) is 0 Å². The molecular weight excluding hydrogens is 492 g/mol. The van der Waals surface area contributed by atoms with E-state index < -0.39 is 44.7 Å². The van der Waals surface area contributed by atoms with Gasteiger partial charge in [0, 0.05) is 18.8 Å². The van der Waals surface area contributed by atoms with Gasteiger partial charge in [0.2, 0.25) is 6.29 Å². The van der Waals surface area contributed by atoms with Crippen LogP contribution in [0.1, 0.15) is 38.2 Å². The first-order valence-corrected chi connectivity index (χ1v) is 13.1. The van der Waals surface area contributed by atoms with Crippen LogP contribution in [0, 0.1) is 0 Å². The lowest BCUT2D eigenvalue weighted by Gasteiger charge is -2.41. The number of pyridine rings is 1. The van der Waals surface area contributed by atoms with Gasteiger partial charge in [-0.2, -0.15) is 0 Å². The molecule has 2 aromatic rings. The highest BCUT2D eigenvalue weighted by Crippen LogP contribution is 2.79. The number of benzene rings is 1. The Kier molecular flexibility index (Phi) is 7.27. The Bertz CT molecular complexity index is 1120. The van der Waals surface area contributed by atoms with Gasteiger partial charge in [-0.15, -0.1) is 0 Å². The van der Waals surface area contributed by atoms with Gasteiger partial charge in [0.25, 0.3) is 5.08 Å². The Balaban J connectivity index is 1.98. The fraction of sp³-hybridized carbons (Fsp3) is 0.400. The molecule has 3 rings (SSSR count). The summed E-state index contributed by atoms with van der Waals surface area (Å²) >= 11 is 0. The molecule has 2 atom stereocenters. The zero-order valence-electron chi connectivity index (χ0n) is 18.8. The van der Waals surface area contributed by atoms with Crippen molar-refractivity contribution in [2.45, 2.75) is 44.2 Å². The molecule has 34 heavy (non-hydrogen) atoms. The van der Waals surface area contributed by atoms with Gasteiger partial charge in [-0.3, -0.25) is 23.2 Å². The summed E-state index contributed by atoms with van der Waals surface area (Å²) in [7, 11) is -9.17. The van der Waals surface area contributed by atoms with Crippen LogP contribution < -0.4 is 9.47 Å². The van der Waals surface area contributed by atoms with Gasteiger partial charge in [0.15, 0.2) is 0 Å². The molecule has 1 aliphatic rings. The maximum atomic E-state index is 13.1. The van der Waals surface area contributed by atoms with Crippen molar-refractivity contribution in [1.82, 2.24) is 4.98 Å². The van der Waals surface area contributed by atoms with Crippen LogP contribution in [0.3, 0.4) is 0 Å². The van der Waals surface area contributed by atoms with Gasteiger partial charge in [-0.05, 0) is 50.6 Å². The molecule has 0 spiro atoms. The van der Waals surface area contributed by atoms with E-state index in [9.17, 15) is 28.8 Å². The average Bonchev–Trinajstić information content (AvgIpc) is 2.71. The fourth-order valence-electron chi connectivity index (χ4n) is 2.99. The first kappa shape index (κ1) is 26.3. The third-order valence-corrected chi connectivity index (χ3v) is 9.20. The van der Waals surface area contributed by atoms with Crippen molar-refractivity contribution in [3.63, 3.8) is 0 Å². The van der Waals surface area contributed by atoms with Gasteiger partial charge in [-0.1, -0.05) is 6.07 Å². The number of carbonyl (C=O) groups excluding carboxylic acids is 1. The van der Waals surface area contributed by atoms with Crippen LogP contribution in [0.25, 0.3) is 0 Å². The topological polar surface area (TPSA) is 171 Å². The summed E-state index contributed by atoms with van der Waals surface area (Å²) in [4.78, 5) is 37.1. The lowest BCUT2D eigenvalue weighted by Crippen LogP contribution is -2.38. The second kappa shape index (κ2) is 9.39. The number of ether oxygens (including phenoxy) is 3. The van der Waals surface area contributed by atoms with Crippen LogP contribution >= 0.6 is 15.2 Å². The Morgan fingerprint density at radius 3 is 2.35 bits per heavy atom. The molecule has 2 unspecified atom stereocenters. The van der Waals surface area contributed by atoms with E-state index >= 15 is 0 Å². The van der Waals surface area contributed by atoms with E-state index in [0.717, 1.165) is 0 Å². The zero-order valence-corrected chi connectivity index (χ0v) is 20.6. The molecule has 1 aliphatic heterocycles. The number of aromatic nitrogens is 1. The van der Waals surface area contributed by atoms with Gasteiger partial charge in [-0.25, -0.2) is 4.79 Å². The molecule has 0 saturated carbocycles. The molecule has 1 fully saturated rings. The molecule has 12 nitrogen and oxygen atoms in total. The third kappa shape index (κ3) is 5.50. The SMILES string of the molecule is COc1ccc(OC(=O)OC(C)(C)C)c(C2OP(=O)(O)C(O)(Cc3cccnc3)P(=O)(O)O2)c1. The summed E-state index contributed by atoms with van der Waals surface area (Å²) in [6.07, 6.45) is -1.17. The summed E-state index contributed by atoms with van der Waals surface area (Å²) in [6.45, 7) is 4.84. The average molecular weight is 517 g/mol.